The van der Waals surface area contributed by atoms with Gasteiger partial charge in [0, 0.05) is 19.1 Å². The van der Waals surface area contributed by atoms with Gasteiger partial charge in [0.25, 0.3) is 6.61 Å². The molecule has 10 heavy (non-hydrogen) atoms. The summed E-state index contributed by atoms with van der Waals surface area (Å²) < 4.78 is 5.18. The Kier molecular flexibility index (Phi) is 2.15. The van der Waals surface area contributed by atoms with E-state index >= 15 is 0 Å². The van der Waals surface area contributed by atoms with Crippen molar-refractivity contribution < 1.29 is 4.42 Å². The lowest BCUT2D eigenvalue weighted by Crippen LogP contribution is -2.01. The van der Waals surface area contributed by atoms with Gasteiger partial charge in [-0.2, -0.15) is 0 Å². The highest BCUT2D eigenvalue weighted by atomic mass is 16.4. The van der Waals surface area contributed by atoms with Crippen molar-refractivity contribution in [2.75, 3.05) is 6.61 Å². The van der Waals surface area contributed by atoms with Gasteiger partial charge in [-0.3, -0.25) is 4.42 Å². The average Bonchev–Trinajstić information content (AvgIpc) is 1.95. The third-order valence-electron chi connectivity index (χ3n) is 1.17. The van der Waals surface area contributed by atoms with Crippen LogP contribution in [0, 0.1) is 5.41 Å². The molecule has 0 amide bonds. The fraction of sp³-hybridized carbons (Fsp3) is 0.250. The molecule has 0 radical (unpaired) electrons. The molecular formula is C8H10NO+. The monoisotopic (exact) mass is 136 g/mol. The molecule has 2 nitrogen and oxygen atoms in total. The van der Waals surface area contributed by atoms with Gasteiger partial charge < -0.3 is 5.41 Å². The molecule has 0 aromatic carbocycles. The Labute approximate surface area is 60.1 Å². The maximum absolute atomic E-state index is 7.17. The van der Waals surface area contributed by atoms with Gasteiger partial charge in [0.05, 0.1) is 5.71 Å². The highest BCUT2D eigenvalue weighted by Gasteiger charge is 2.05. The molecule has 0 spiro atoms. The smallest absolute Gasteiger partial charge is 0.301 e. The first kappa shape index (κ1) is 6.93. The van der Waals surface area contributed by atoms with Crippen LogP contribution in [0.1, 0.15) is 6.92 Å². The van der Waals surface area contributed by atoms with Crippen LogP contribution in [0.5, 0.6) is 0 Å². The molecule has 0 atom stereocenters. The van der Waals surface area contributed by atoms with Gasteiger partial charge in [-0.1, -0.05) is 0 Å². The second-order valence-corrected chi connectivity index (χ2v) is 1.96. The van der Waals surface area contributed by atoms with Crippen molar-refractivity contribution in [2.45, 2.75) is 6.92 Å². The Bertz CT molecular complexity index is 205. The van der Waals surface area contributed by atoms with Crippen LogP contribution in [0.25, 0.3) is 0 Å². The molecule has 0 heterocycles. The van der Waals surface area contributed by atoms with Gasteiger partial charge in [0.1, 0.15) is 0 Å². The van der Waals surface area contributed by atoms with Crippen LogP contribution in [0.3, 0.4) is 0 Å². The molecule has 0 aliphatic heterocycles. The summed E-state index contributed by atoms with van der Waals surface area (Å²) in [5.41, 5.74) is 0.517. The summed E-state index contributed by atoms with van der Waals surface area (Å²) in [4.78, 5) is 0. The van der Waals surface area contributed by atoms with Gasteiger partial charge in [-0.05, 0) is 12.2 Å². The van der Waals surface area contributed by atoms with E-state index in [-0.39, 0.29) is 0 Å². The molecule has 1 aliphatic rings. The zero-order chi connectivity index (χ0) is 7.40. The van der Waals surface area contributed by atoms with Crippen molar-refractivity contribution in [2.24, 2.45) is 0 Å². The molecule has 0 bridgehead atoms. The average molecular weight is 136 g/mol. The normalized spacial score (nSPS) is 16.1. The predicted molar refractivity (Wildman–Crippen MR) is 41.6 cm³/mol. The topological polar surface area (TPSA) is 35.2 Å². The van der Waals surface area contributed by atoms with E-state index in [1.807, 2.05) is 6.92 Å². The van der Waals surface area contributed by atoms with E-state index in [1.54, 1.807) is 24.3 Å². The van der Waals surface area contributed by atoms with Crippen molar-refractivity contribution in [3.63, 3.8) is 0 Å². The maximum Gasteiger partial charge on any atom is 0.343 e. The van der Waals surface area contributed by atoms with Gasteiger partial charge in [-0.15, -0.1) is 0 Å². The molecule has 1 rings (SSSR count). The van der Waals surface area contributed by atoms with E-state index in [1.165, 1.54) is 0 Å². The number of carbonyl (C=O) groups excluding carboxylic acids is 1. The van der Waals surface area contributed by atoms with Crippen molar-refractivity contribution in [3.8, 4) is 0 Å². The molecule has 52 valence electrons. The second-order valence-electron chi connectivity index (χ2n) is 1.96. The summed E-state index contributed by atoms with van der Waals surface area (Å²) in [5.74, 6) is 0.832. The van der Waals surface area contributed by atoms with Gasteiger partial charge >= 0.3 is 5.78 Å². The first-order valence-electron chi connectivity index (χ1n) is 3.27. The number of nitrogens with one attached hydrogen (secondary N) is 1. The van der Waals surface area contributed by atoms with Gasteiger partial charge in [0.15, 0.2) is 0 Å². The Morgan fingerprint density at radius 2 is 1.90 bits per heavy atom. The zero-order valence-electron chi connectivity index (χ0n) is 5.92. The summed E-state index contributed by atoms with van der Waals surface area (Å²) in [6.07, 6.45) is 7.02. The fourth-order valence-electron chi connectivity index (χ4n) is 0.718. The van der Waals surface area contributed by atoms with Crippen molar-refractivity contribution >= 4 is 11.5 Å². The highest BCUT2D eigenvalue weighted by Crippen LogP contribution is 1.93. The highest BCUT2D eigenvalue weighted by molar-refractivity contribution is 6.15. The van der Waals surface area contributed by atoms with E-state index < -0.39 is 0 Å². The van der Waals surface area contributed by atoms with Gasteiger partial charge in [0.2, 0.25) is 0 Å². The molecule has 0 aromatic heterocycles. The van der Waals surface area contributed by atoms with E-state index in [0.29, 0.717) is 12.3 Å². The summed E-state index contributed by atoms with van der Waals surface area (Å²) >= 11 is 0. The van der Waals surface area contributed by atoms with Crippen LogP contribution in [-0.4, -0.2) is 18.1 Å². The quantitative estimate of drug-likeness (QED) is 0.416. The van der Waals surface area contributed by atoms with E-state index in [4.69, 9.17) is 9.83 Å². The van der Waals surface area contributed by atoms with Crippen molar-refractivity contribution in [1.82, 2.24) is 0 Å². The molecule has 0 unspecified atom stereocenters. The number of hydrogen-bond acceptors (Lipinski definition) is 1. The minimum absolute atomic E-state index is 0.517. The standard InChI is InChI=1S/C8H10NO/c1-2-10-8-5-3-7(9)4-6-8/h3-6,9H,2H2,1H3/q+1. The second kappa shape index (κ2) is 3.11. The number of ketones is 1. The van der Waals surface area contributed by atoms with Crippen LogP contribution in [0.15, 0.2) is 24.3 Å². The van der Waals surface area contributed by atoms with E-state index in [2.05, 4.69) is 0 Å². The molecule has 1 aliphatic carbocycles. The van der Waals surface area contributed by atoms with Crippen LogP contribution < -0.4 is 0 Å². The molecule has 2 heteroatoms. The summed E-state index contributed by atoms with van der Waals surface area (Å²) in [7, 11) is 0. The number of hydrogen-bond donors (Lipinski definition) is 1. The third kappa shape index (κ3) is 1.65. The lowest BCUT2D eigenvalue weighted by molar-refractivity contribution is -0.450. The molecular weight excluding hydrogens is 126 g/mol. The first-order valence-corrected chi connectivity index (χ1v) is 3.27. The summed E-state index contributed by atoms with van der Waals surface area (Å²) in [6.45, 7) is 2.62. The van der Waals surface area contributed by atoms with Crippen LogP contribution in [0.4, 0.5) is 0 Å². The Morgan fingerprint density at radius 1 is 1.30 bits per heavy atom. The zero-order valence-corrected chi connectivity index (χ0v) is 5.92. The first-order chi connectivity index (χ1) is 4.83. The molecule has 0 saturated carbocycles. The minimum atomic E-state index is 0.517. The molecule has 1 N–H and O–H groups in total. The number of allylic oxidation sites excluding steroid dienone is 4. The minimum Gasteiger partial charge on any atom is -0.301 e. The van der Waals surface area contributed by atoms with Crippen LogP contribution in [0.2, 0.25) is 0 Å². The predicted octanol–water partition coefficient (Wildman–Crippen LogP) is 1.26. The maximum atomic E-state index is 7.17. The lowest BCUT2D eigenvalue weighted by Gasteiger charge is -1.89. The summed E-state index contributed by atoms with van der Waals surface area (Å²) in [5, 5.41) is 7.17. The van der Waals surface area contributed by atoms with Crippen molar-refractivity contribution in [1.29, 1.82) is 5.41 Å². The molecule has 0 fully saturated rings. The molecule has 0 saturated heterocycles. The third-order valence-corrected chi connectivity index (χ3v) is 1.17. The Balaban J connectivity index is 2.71. The van der Waals surface area contributed by atoms with E-state index in [9.17, 15) is 0 Å². The largest absolute Gasteiger partial charge is 0.343 e. The van der Waals surface area contributed by atoms with Gasteiger partial charge in [-0.25, -0.2) is 0 Å². The molecule has 0 aromatic rings. The lowest BCUT2D eigenvalue weighted by atomic mass is 10.2. The summed E-state index contributed by atoms with van der Waals surface area (Å²) in [6, 6.07) is 0. The Hall–Kier alpha value is -1.18. The Morgan fingerprint density at radius 3 is 2.40 bits per heavy atom. The van der Waals surface area contributed by atoms with E-state index in [0.717, 1.165) is 5.78 Å². The SMILES string of the molecule is CC[O+]=C1C=CC(=N)C=C1. The number of rotatable bonds is 1. The van der Waals surface area contributed by atoms with Crippen LogP contribution in [-0.2, 0) is 4.42 Å². The van der Waals surface area contributed by atoms with Crippen LogP contribution >= 0.6 is 0 Å². The van der Waals surface area contributed by atoms with Crippen molar-refractivity contribution in [3.05, 3.63) is 24.3 Å². The fourth-order valence-corrected chi connectivity index (χ4v) is 0.718.